The van der Waals surface area contributed by atoms with E-state index < -0.39 is 33.3 Å². The number of nitrogens with zero attached hydrogens (tertiary/aromatic N) is 2. The van der Waals surface area contributed by atoms with Crippen LogP contribution in [0.4, 0.5) is 14.9 Å². The first-order valence-corrected chi connectivity index (χ1v) is 9.42. The molecule has 2 heterocycles. The fourth-order valence-corrected chi connectivity index (χ4v) is 4.85. The Bertz CT molecular complexity index is 790. The van der Waals surface area contributed by atoms with Gasteiger partial charge in [-0.1, -0.05) is 0 Å². The molecular weight excluding hydrogens is 351 g/mol. The Morgan fingerprint density at radius 1 is 1.12 bits per heavy atom. The zero-order chi connectivity index (χ0) is 18.2. The molecule has 2 fully saturated rings. The van der Waals surface area contributed by atoms with Crippen molar-refractivity contribution in [3.63, 3.8) is 0 Å². The van der Waals surface area contributed by atoms with Crippen LogP contribution >= 0.6 is 0 Å². The molecule has 3 amide bonds. The van der Waals surface area contributed by atoms with Crippen LogP contribution in [0.25, 0.3) is 0 Å². The number of hydrogen-bond donors (Lipinski definition) is 2. The molecule has 2 saturated heterocycles. The van der Waals surface area contributed by atoms with E-state index in [0.717, 1.165) is 5.69 Å². The van der Waals surface area contributed by atoms with Crippen LogP contribution in [0.1, 0.15) is 6.92 Å². The number of imide groups is 1. The first kappa shape index (κ1) is 17.6. The van der Waals surface area contributed by atoms with Crippen molar-refractivity contribution >= 4 is 27.6 Å². The van der Waals surface area contributed by atoms with Gasteiger partial charge >= 0.3 is 6.03 Å². The zero-order valence-corrected chi connectivity index (χ0v) is 14.5. The average molecular weight is 370 g/mol. The highest BCUT2D eigenvalue weighted by atomic mass is 32.2. The quantitative estimate of drug-likeness (QED) is 0.720. The van der Waals surface area contributed by atoms with Gasteiger partial charge in [-0.15, -0.1) is 0 Å². The Morgan fingerprint density at radius 2 is 1.72 bits per heavy atom. The highest BCUT2D eigenvalue weighted by molar-refractivity contribution is 7.89. The monoisotopic (exact) mass is 370 g/mol. The molecule has 1 aromatic carbocycles. The fourth-order valence-electron chi connectivity index (χ4n) is 3.01. The number of sulfonamides is 1. The summed E-state index contributed by atoms with van der Waals surface area (Å²) >= 11 is 0. The molecule has 0 aromatic heterocycles. The van der Waals surface area contributed by atoms with E-state index in [1.165, 1.54) is 23.4 Å². The van der Waals surface area contributed by atoms with Crippen LogP contribution in [-0.2, 0) is 14.8 Å². The summed E-state index contributed by atoms with van der Waals surface area (Å²) in [5.41, 5.74) is -0.642. The average Bonchev–Trinajstić information content (AvgIpc) is 2.79. The maximum atomic E-state index is 13.0. The molecule has 136 valence electrons. The number of carbonyl (C=O) groups excluding carboxylic acids is 2. The lowest BCUT2D eigenvalue weighted by Crippen LogP contribution is -2.55. The van der Waals surface area contributed by atoms with Gasteiger partial charge in [0, 0.05) is 31.9 Å². The number of urea groups is 1. The lowest BCUT2D eigenvalue weighted by molar-refractivity contribution is -0.122. The second-order valence-electron chi connectivity index (χ2n) is 6.36. The van der Waals surface area contributed by atoms with Gasteiger partial charge in [0.05, 0.1) is 5.75 Å². The van der Waals surface area contributed by atoms with Gasteiger partial charge in [-0.05, 0) is 31.2 Å². The topological polar surface area (TPSA) is 98.8 Å². The lowest BCUT2D eigenvalue weighted by atomic mass is 10.1. The number of rotatable bonds is 4. The lowest BCUT2D eigenvalue weighted by Gasteiger charge is -2.36. The number of nitrogens with one attached hydrogen (secondary N) is 2. The van der Waals surface area contributed by atoms with E-state index in [0.29, 0.717) is 13.1 Å². The molecule has 2 aliphatic rings. The van der Waals surface area contributed by atoms with Crippen LogP contribution < -0.4 is 15.5 Å². The van der Waals surface area contributed by atoms with Crippen molar-refractivity contribution in [2.24, 2.45) is 0 Å². The van der Waals surface area contributed by atoms with E-state index in [9.17, 15) is 22.4 Å². The van der Waals surface area contributed by atoms with Gasteiger partial charge in [0.15, 0.2) is 0 Å². The molecule has 0 radical (unpaired) electrons. The van der Waals surface area contributed by atoms with Crippen molar-refractivity contribution < 1.29 is 22.4 Å². The molecule has 1 aromatic rings. The third kappa shape index (κ3) is 3.59. The standard InChI is InChI=1S/C15H19FN4O4S/c1-15(13(21)17-14(22)18-15)10-25(23,24)20-8-6-19(7-9-20)12-4-2-11(16)3-5-12/h2-5H,6-10H2,1H3,(H2,17,18,21,22). The molecule has 2 N–H and O–H groups in total. The molecule has 0 saturated carbocycles. The highest BCUT2D eigenvalue weighted by Gasteiger charge is 2.46. The number of carbonyl (C=O) groups is 2. The second kappa shape index (κ2) is 6.26. The third-order valence-electron chi connectivity index (χ3n) is 4.41. The molecule has 0 aliphatic carbocycles. The van der Waals surface area contributed by atoms with E-state index in [1.54, 1.807) is 12.1 Å². The van der Waals surface area contributed by atoms with E-state index in [4.69, 9.17) is 0 Å². The summed E-state index contributed by atoms with van der Waals surface area (Å²) in [5, 5.41) is 4.42. The number of amides is 3. The molecule has 0 spiro atoms. The summed E-state index contributed by atoms with van der Waals surface area (Å²) in [6.07, 6.45) is 0. The molecule has 8 nitrogen and oxygen atoms in total. The summed E-state index contributed by atoms with van der Waals surface area (Å²) in [6, 6.07) is 5.34. The van der Waals surface area contributed by atoms with Crippen LogP contribution in [-0.4, -0.2) is 62.1 Å². The van der Waals surface area contributed by atoms with Gasteiger partial charge in [0.2, 0.25) is 10.0 Å². The summed E-state index contributed by atoms with van der Waals surface area (Å²) in [6.45, 7) is 2.82. The van der Waals surface area contributed by atoms with E-state index in [1.807, 2.05) is 4.90 Å². The highest BCUT2D eigenvalue weighted by Crippen LogP contribution is 2.20. The number of piperazine rings is 1. The smallest absolute Gasteiger partial charge is 0.322 e. The Labute approximate surface area is 145 Å². The van der Waals surface area contributed by atoms with Crippen LogP contribution in [0.5, 0.6) is 0 Å². The van der Waals surface area contributed by atoms with Crippen molar-refractivity contribution in [2.45, 2.75) is 12.5 Å². The van der Waals surface area contributed by atoms with E-state index >= 15 is 0 Å². The summed E-state index contributed by atoms with van der Waals surface area (Å²) in [7, 11) is -3.72. The summed E-state index contributed by atoms with van der Waals surface area (Å²) < 4.78 is 39.5. The van der Waals surface area contributed by atoms with Gasteiger partial charge in [-0.3, -0.25) is 10.1 Å². The number of anilines is 1. The van der Waals surface area contributed by atoms with Crippen LogP contribution in [0.3, 0.4) is 0 Å². The number of halogens is 1. The number of hydrogen-bond acceptors (Lipinski definition) is 5. The Hall–Kier alpha value is -2.20. The van der Waals surface area contributed by atoms with Crippen molar-refractivity contribution in [3.05, 3.63) is 30.1 Å². The van der Waals surface area contributed by atoms with Crippen LogP contribution in [0, 0.1) is 5.82 Å². The maximum Gasteiger partial charge on any atom is 0.322 e. The minimum absolute atomic E-state index is 0.255. The maximum absolute atomic E-state index is 13.0. The predicted octanol–water partition coefficient (Wildman–Crippen LogP) is -0.124. The fraction of sp³-hybridized carbons (Fsp3) is 0.467. The van der Waals surface area contributed by atoms with Gasteiger partial charge < -0.3 is 10.2 Å². The Balaban J connectivity index is 1.64. The van der Waals surface area contributed by atoms with Crippen molar-refractivity contribution in [1.29, 1.82) is 0 Å². The third-order valence-corrected chi connectivity index (χ3v) is 6.51. The first-order valence-electron chi connectivity index (χ1n) is 7.82. The second-order valence-corrected chi connectivity index (χ2v) is 8.33. The van der Waals surface area contributed by atoms with Crippen LogP contribution in [0.15, 0.2) is 24.3 Å². The molecule has 10 heteroatoms. The minimum atomic E-state index is -3.72. The minimum Gasteiger partial charge on any atom is -0.369 e. The number of benzene rings is 1. The Kier molecular flexibility index (Phi) is 4.41. The Morgan fingerprint density at radius 3 is 2.24 bits per heavy atom. The van der Waals surface area contributed by atoms with Crippen molar-refractivity contribution in [2.75, 3.05) is 36.8 Å². The molecule has 25 heavy (non-hydrogen) atoms. The molecule has 1 unspecified atom stereocenters. The SMILES string of the molecule is CC1(CS(=O)(=O)N2CCN(c3ccc(F)cc3)CC2)NC(=O)NC1=O. The van der Waals surface area contributed by atoms with Crippen molar-refractivity contribution in [3.8, 4) is 0 Å². The van der Waals surface area contributed by atoms with Gasteiger partial charge in [0.25, 0.3) is 5.91 Å². The molecule has 2 aliphatic heterocycles. The van der Waals surface area contributed by atoms with Gasteiger partial charge in [-0.25, -0.2) is 17.6 Å². The predicted molar refractivity (Wildman–Crippen MR) is 89.1 cm³/mol. The van der Waals surface area contributed by atoms with Crippen molar-refractivity contribution in [1.82, 2.24) is 14.9 Å². The summed E-state index contributed by atoms with van der Waals surface area (Å²) in [5.74, 6) is -1.46. The van der Waals surface area contributed by atoms with Gasteiger partial charge in [0.1, 0.15) is 11.4 Å². The van der Waals surface area contributed by atoms with Crippen LogP contribution in [0.2, 0.25) is 0 Å². The van der Waals surface area contributed by atoms with E-state index in [-0.39, 0.29) is 18.9 Å². The van der Waals surface area contributed by atoms with Gasteiger partial charge in [-0.2, -0.15) is 4.31 Å². The van der Waals surface area contributed by atoms with E-state index in [2.05, 4.69) is 10.6 Å². The first-order chi connectivity index (χ1) is 11.7. The zero-order valence-electron chi connectivity index (χ0n) is 13.7. The largest absolute Gasteiger partial charge is 0.369 e. The molecule has 0 bridgehead atoms. The molecular formula is C15H19FN4O4S. The molecule has 3 rings (SSSR count). The molecule has 1 atom stereocenters. The summed E-state index contributed by atoms with van der Waals surface area (Å²) in [4.78, 5) is 25.1. The normalized spacial score (nSPS) is 25.0.